The molecule has 6 heteroatoms. The first kappa shape index (κ1) is 18.4. The van der Waals surface area contributed by atoms with Crippen molar-refractivity contribution in [2.45, 2.75) is 6.42 Å². The number of ether oxygens (including phenoxy) is 1. The number of carbonyl (C=O) groups is 1. The van der Waals surface area contributed by atoms with Crippen LogP contribution in [0.15, 0.2) is 66.7 Å². The number of rotatable bonds is 5. The van der Waals surface area contributed by atoms with Gasteiger partial charge < -0.3 is 14.8 Å². The molecule has 0 aliphatic rings. The van der Waals surface area contributed by atoms with E-state index in [-0.39, 0.29) is 6.42 Å². The average Bonchev–Trinajstić information content (AvgIpc) is 3.00. The van der Waals surface area contributed by atoms with Gasteiger partial charge in [-0.1, -0.05) is 53.5 Å². The van der Waals surface area contributed by atoms with Crippen molar-refractivity contribution in [2.75, 3.05) is 0 Å². The summed E-state index contributed by atoms with van der Waals surface area (Å²) in [6.45, 7) is 0. The fraction of sp³-hybridized carbons (Fsp3) is 0.0455. The highest BCUT2D eigenvalue weighted by molar-refractivity contribution is 6.39. The van der Waals surface area contributed by atoms with Gasteiger partial charge in [-0.15, -0.1) is 0 Å². The zero-order valence-corrected chi connectivity index (χ0v) is 16.1. The molecule has 1 heterocycles. The SMILES string of the molecule is O=C(O)Cc1c(-c2cccc(Oc3ccccc3)c2)[nH]c2cc(Cl)cc(Cl)c12. The number of carboxylic acid groups (broad SMARTS) is 1. The fourth-order valence-electron chi connectivity index (χ4n) is 3.23. The lowest BCUT2D eigenvalue weighted by atomic mass is 10.0. The van der Waals surface area contributed by atoms with Crippen LogP contribution in [0.5, 0.6) is 11.5 Å². The first-order chi connectivity index (χ1) is 13.5. The van der Waals surface area contributed by atoms with E-state index in [0.717, 1.165) is 11.3 Å². The molecule has 0 atom stereocenters. The minimum atomic E-state index is -0.940. The number of fused-ring (bicyclic) bond motifs is 1. The molecule has 0 saturated carbocycles. The first-order valence-electron chi connectivity index (χ1n) is 8.56. The van der Waals surface area contributed by atoms with Crippen LogP contribution in [0.4, 0.5) is 0 Å². The van der Waals surface area contributed by atoms with Gasteiger partial charge in [0.05, 0.1) is 17.1 Å². The highest BCUT2D eigenvalue weighted by Crippen LogP contribution is 2.38. The van der Waals surface area contributed by atoms with Crippen LogP contribution in [0.25, 0.3) is 22.2 Å². The number of aromatic amines is 1. The summed E-state index contributed by atoms with van der Waals surface area (Å²) in [6.07, 6.45) is -0.166. The van der Waals surface area contributed by atoms with E-state index in [0.29, 0.717) is 38.0 Å². The molecule has 0 aliphatic heterocycles. The van der Waals surface area contributed by atoms with Crippen LogP contribution in [-0.4, -0.2) is 16.1 Å². The molecule has 4 nitrogen and oxygen atoms in total. The van der Waals surface area contributed by atoms with Crippen molar-refractivity contribution in [1.82, 2.24) is 4.98 Å². The Morgan fingerprint density at radius 3 is 2.46 bits per heavy atom. The molecular weight excluding hydrogens is 397 g/mol. The molecule has 1 aromatic heterocycles. The van der Waals surface area contributed by atoms with Crippen LogP contribution < -0.4 is 4.74 Å². The average molecular weight is 412 g/mol. The maximum atomic E-state index is 11.5. The Labute approximate surface area is 171 Å². The van der Waals surface area contributed by atoms with Gasteiger partial charge in [-0.2, -0.15) is 0 Å². The molecule has 3 aromatic carbocycles. The molecule has 0 radical (unpaired) electrons. The molecule has 0 spiro atoms. The second kappa shape index (κ2) is 7.58. The van der Waals surface area contributed by atoms with Gasteiger partial charge in [0.2, 0.25) is 0 Å². The zero-order valence-electron chi connectivity index (χ0n) is 14.6. The lowest BCUT2D eigenvalue weighted by molar-refractivity contribution is -0.136. The lowest BCUT2D eigenvalue weighted by Gasteiger charge is -2.08. The van der Waals surface area contributed by atoms with Gasteiger partial charge in [-0.05, 0) is 42.0 Å². The summed E-state index contributed by atoms with van der Waals surface area (Å²) in [5.41, 5.74) is 2.78. The number of aromatic nitrogens is 1. The Bertz CT molecular complexity index is 1170. The molecule has 0 aliphatic carbocycles. The standard InChI is InChI=1S/C22H15Cl2NO3/c23-14-10-18(24)21-17(12-20(26)27)22(25-19(21)11-14)13-5-4-8-16(9-13)28-15-6-2-1-3-7-15/h1-11,25H,12H2,(H,26,27). The van der Waals surface area contributed by atoms with Crippen molar-refractivity contribution in [1.29, 1.82) is 0 Å². The van der Waals surface area contributed by atoms with Crippen LogP contribution in [0.2, 0.25) is 10.0 Å². The third-order valence-electron chi connectivity index (χ3n) is 4.35. The topological polar surface area (TPSA) is 62.3 Å². The Morgan fingerprint density at radius 1 is 0.964 bits per heavy atom. The van der Waals surface area contributed by atoms with Crippen molar-refractivity contribution in [3.05, 3.63) is 82.3 Å². The van der Waals surface area contributed by atoms with Crippen LogP contribution in [0.1, 0.15) is 5.56 Å². The number of hydrogen-bond donors (Lipinski definition) is 2. The van der Waals surface area contributed by atoms with Crippen molar-refractivity contribution in [3.8, 4) is 22.8 Å². The van der Waals surface area contributed by atoms with Crippen molar-refractivity contribution >= 4 is 40.1 Å². The number of aliphatic carboxylic acids is 1. The number of nitrogens with one attached hydrogen (secondary N) is 1. The Kier molecular flexibility index (Phi) is 4.99. The fourth-order valence-corrected chi connectivity index (χ4v) is 3.84. The molecule has 2 N–H and O–H groups in total. The van der Waals surface area contributed by atoms with Gasteiger partial charge in [0.25, 0.3) is 0 Å². The molecule has 0 bridgehead atoms. The van der Waals surface area contributed by atoms with Gasteiger partial charge >= 0.3 is 5.97 Å². The van der Waals surface area contributed by atoms with Crippen LogP contribution in [0, 0.1) is 0 Å². The summed E-state index contributed by atoms with van der Waals surface area (Å²) in [4.78, 5) is 14.7. The number of benzene rings is 3. The monoisotopic (exact) mass is 411 g/mol. The summed E-state index contributed by atoms with van der Waals surface area (Å²) in [7, 11) is 0. The largest absolute Gasteiger partial charge is 0.481 e. The summed E-state index contributed by atoms with van der Waals surface area (Å²) in [6, 6.07) is 20.3. The maximum absolute atomic E-state index is 11.5. The number of halogens is 2. The van der Waals surface area contributed by atoms with Crippen LogP contribution >= 0.6 is 23.2 Å². The predicted octanol–water partition coefficient (Wildman–Crippen LogP) is 6.56. The number of hydrogen-bond acceptors (Lipinski definition) is 2. The summed E-state index contributed by atoms with van der Waals surface area (Å²) in [5, 5.41) is 11.0. The van der Waals surface area contributed by atoms with Gasteiger partial charge in [0.15, 0.2) is 0 Å². The number of carboxylic acids is 1. The van der Waals surface area contributed by atoms with E-state index in [1.807, 2.05) is 54.6 Å². The molecular formula is C22H15Cl2NO3. The van der Waals surface area contributed by atoms with E-state index in [9.17, 15) is 9.90 Å². The highest BCUT2D eigenvalue weighted by atomic mass is 35.5. The van der Waals surface area contributed by atoms with Crippen molar-refractivity contribution in [3.63, 3.8) is 0 Å². The quantitative estimate of drug-likeness (QED) is 0.390. The lowest BCUT2D eigenvalue weighted by Crippen LogP contribution is -2.01. The molecule has 4 aromatic rings. The minimum Gasteiger partial charge on any atom is -0.481 e. The second-order valence-electron chi connectivity index (χ2n) is 6.30. The Morgan fingerprint density at radius 2 is 1.71 bits per heavy atom. The van der Waals surface area contributed by atoms with Gasteiger partial charge in [-0.25, -0.2) is 0 Å². The summed E-state index contributed by atoms with van der Waals surface area (Å²) < 4.78 is 5.90. The van der Waals surface area contributed by atoms with Crippen LogP contribution in [0.3, 0.4) is 0 Å². The first-order valence-corrected chi connectivity index (χ1v) is 9.31. The van der Waals surface area contributed by atoms with E-state index in [2.05, 4.69) is 4.98 Å². The van der Waals surface area contributed by atoms with Crippen molar-refractivity contribution < 1.29 is 14.6 Å². The van der Waals surface area contributed by atoms with E-state index in [1.165, 1.54) is 0 Å². The number of para-hydroxylation sites is 1. The second-order valence-corrected chi connectivity index (χ2v) is 7.15. The number of H-pyrrole nitrogens is 1. The summed E-state index contributed by atoms with van der Waals surface area (Å²) in [5.74, 6) is 0.425. The van der Waals surface area contributed by atoms with E-state index in [1.54, 1.807) is 12.1 Å². The third-order valence-corrected chi connectivity index (χ3v) is 4.86. The molecule has 4 rings (SSSR count). The normalized spacial score (nSPS) is 10.9. The van der Waals surface area contributed by atoms with Gasteiger partial charge in [-0.3, -0.25) is 4.79 Å². The van der Waals surface area contributed by atoms with E-state index < -0.39 is 5.97 Å². The van der Waals surface area contributed by atoms with E-state index in [4.69, 9.17) is 27.9 Å². The molecule has 140 valence electrons. The molecule has 0 unspecified atom stereocenters. The van der Waals surface area contributed by atoms with Gasteiger partial charge in [0.1, 0.15) is 11.5 Å². The maximum Gasteiger partial charge on any atom is 0.307 e. The minimum absolute atomic E-state index is 0.166. The molecule has 0 amide bonds. The zero-order chi connectivity index (χ0) is 19.7. The highest BCUT2D eigenvalue weighted by Gasteiger charge is 2.19. The molecule has 0 saturated heterocycles. The van der Waals surface area contributed by atoms with Gasteiger partial charge in [0, 0.05) is 21.5 Å². The molecule has 28 heavy (non-hydrogen) atoms. The predicted molar refractivity (Wildman–Crippen MR) is 112 cm³/mol. The third kappa shape index (κ3) is 3.70. The summed E-state index contributed by atoms with van der Waals surface area (Å²) >= 11 is 12.5. The smallest absolute Gasteiger partial charge is 0.307 e. The van der Waals surface area contributed by atoms with E-state index >= 15 is 0 Å². The Hall–Kier alpha value is -2.95. The Balaban J connectivity index is 1.83. The van der Waals surface area contributed by atoms with Crippen LogP contribution in [-0.2, 0) is 11.2 Å². The molecule has 0 fully saturated rings. The van der Waals surface area contributed by atoms with Crippen molar-refractivity contribution in [2.24, 2.45) is 0 Å².